The zero-order chi connectivity index (χ0) is 15.6. The molecular weight excluding hydrogens is 337 g/mol. The number of aliphatic carboxylic acids is 1. The predicted octanol–water partition coefficient (Wildman–Crippen LogP) is 2.92. The zero-order valence-electron chi connectivity index (χ0n) is 11.1. The number of benzene rings is 1. The van der Waals surface area contributed by atoms with Crippen LogP contribution in [0.25, 0.3) is 0 Å². The number of sulfonamides is 1. The summed E-state index contributed by atoms with van der Waals surface area (Å²) in [5.41, 5.74) is 0. The molecule has 21 heavy (non-hydrogen) atoms. The van der Waals surface area contributed by atoms with Gasteiger partial charge in [0, 0.05) is 11.1 Å². The molecule has 1 aliphatic rings. The fraction of sp³-hybridized carbons (Fsp3) is 0.462. The number of halogens is 2. The topological polar surface area (TPSA) is 83.5 Å². The van der Waals surface area contributed by atoms with Crippen LogP contribution < -0.4 is 4.72 Å². The molecule has 5 nitrogen and oxygen atoms in total. The molecule has 0 radical (unpaired) electrons. The van der Waals surface area contributed by atoms with Gasteiger partial charge in [0.1, 0.15) is 4.90 Å². The Kier molecular flexibility index (Phi) is 5.14. The molecule has 1 aromatic rings. The highest BCUT2D eigenvalue weighted by Gasteiger charge is 2.29. The van der Waals surface area contributed by atoms with E-state index >= 15 is 0 Å². The van der Waals surface area contributed by atoms with Crippen molar-refractivity contribution in [1.82, 2.24) is 4.72 Å². The van der Waals surface area contributed by atoms with Crippen LogP contribution >= 0.6 is 23.2 Å². The lowest BCUT2D eigenvalue weighted by molar-refractivity contribution is -0.142. The largest absolute Gasteiger partial charge is 0.481 e. The van der Waals surface area contributed by atoms with E-state index in [2.05, 4.69) is 4.72 Å². The number of hydrogen-bond acceptors (Lipinski definition) is 3. The molecule has 2 N–H and O–H groups in total. The molecule has 0 saturated heterocycles. The summed E-state index contributed by atoms with van der Waals surface area (Å²) in [7, 11) is -3.76. The smallest absolute Gasteiger partial charge is 0.306 e. The maximum Gasteiger partial charge on any atom is 0.306 e. The van der Waals surface area contributed by atoms with Crippen molar-refractivity contribution in [3.8, 4) is 0 Å². The first kappa shape index (κ1) is 16.5. The summed E-state index contributed by atoms with van der Waals surface area (Å²) in [6.07, 6.45) is 1.92. The monoisotopic (exact) mass is 351 g/mol. The van der Waals surface area contributed by atoms with Crippen LogP contribution in [0.1, 0.15) is 25.7 Å². The van der Waals surface area contributed by atoms with Crippen LogP contribution in [0.2, 0.25) is 10.0 Å². The third-order valence-corrected chi connectivity index (χ3v) is 5.82. The quantitative estimate of drug-likeness (QED) is 0.873. The highest BCUT2D eigenvalue weighted by molar-refractivity contribution is 7.89. The van der Waals surface area contributed by atoms with Crippen molar-refractivity contribution in [1.29, 1.82) is 0 Å². The van der Waals surface area contributed by atoms with Crippen LogP contribution in [0, 0.1) is 5.92 Å². The molecule has 0 atom stereocenters. The van der Waals surface area contributed by atoms with Crippen molar-refractivity contribution < 1.29 is 18.3 Å². The molecule has 2 rings (SSSR count). The van der Waals surface area contributed by atoms with Gasteiger partial charge < -0.3 is 5.11 Å². The highest BCUT2D eigenvalue weighted by atomic mass is 35.5. The summed E-state index contributed by atoms with van der Waals surface area (Å²) in [6.45, 7) is 0. The first-order valence-corrected chi connectivity index (χ1v) is 8.73. The minimum absolute atomic E-state index is 0.0583. The van der Waals surface area contributed by atoms with Gasteiger partial charge in [-0.25, -0.2) is 13.1 Å². The summed E-state index contributed by atoms with van der Waals surface area (Å²) >= 11 is 11.7. The fourth-order valence-electron chi connectivity index (χ4n) is 2.42. The van der Waals surface area contributed by atoms with Gasteiger partial charge in [0.15, 0.2) is 0 Å². The molecule has 0 spiro atoms. The summed E-state index contributed by atoms with van der Waals surface area (Å²) in [4.78, 5) is 10.8. The number of nitrogens with one attached hydrogen (secondary N) is 1. The van der Waals surface area contributed by atoms with Crippen LogP contribution in [0.5, 0.6) is 0 Å². The molecule has 0 bridgehead atoms. The van der Waals surface area contributed by atoms with E-state index in [0.717, 1.165) is 0 Å². The molecular formula is C13H15Cl2NO4S. The molecule has 8 heteroatoms. The number of carboxylic acids is 1. The lowest BCUT2D eigenvalue weighted by Crippen LogP contribution is -2.38. The normalized spacial score (nSPS) is 23.0. The summed E-state index contributed by atoms with van der Waals surface area (Å²) in [6, 6.07) is 3.97. The molecule has 0 heterocycles. The SMILES string of the molecule is O=C(O)C1CCC(NS(=O)(=O)c2cc(Cl)ccc2Cl)CC1. The van der Waals surface area contributed by atoms with E-state index in [1.165, 1.54) is 18.2 Å². The van der Waals surface area contributed by atoms with E-state index in [4.69, 9.17) is 28.3 Å². The van der Waals surface area contributed by atoms with Gasteiger partial charge in [0.2, 0.25) is 10.0 Å². The number of carbonyl (C=O) groups is 1. The highest BCUT2D eigenvalue weighted by Crippen LogP contribution is 2.28. The van der Waals surface area contributed by atoms with E-state index in [1.807, 2.05) is 0 Å². The van der Waals surface area contributed by atoms with Crippen LogP contribution in [0.3, 0.4) is 0 Å². The first-order valence-electron chi connectivity index (χ1n) is 6.50. The van der Waals surface area contributed by atoms with Crippen molar-refractivity contribution in [2.24, 2.45) is 5.92 Å². The van der Waals surface area contributed by atoms with Crippen LogP contribution in [-0.4, -0.2) is 25.5 Å². The van der Waals surface area contributed by atoms with E-state index in [9.17, 15) is 13.2 Å². The minimum Gasteiger partial charge on any atom is -0.481 e. The molecule has 1 aliphatic carbocycles. The van der Waals surface area contributed by atoms with E-state index in [0.29, 0.717) is 25.7 Å². The number of carboxylic acid groups (broad SMARTS) is 1. The Labute approximate surface area is 133 Å². The average Bonchev–Trinajstić information content (AvgIpc) is 2.41. The molecule has 0 aliphatic heterocycles. The van der Waals surface area contributed by atoms with Crippen molar-refractivity contribution in [3.05, 3.63) is 28.2 Å². The lowest BCUT2D eigenvalue weighted by Gasteiger charge is -2.26. The van der Waals surface area contributed by atoms with E-state index < -0.39 is 16.0 Å². The molecule has 1 aromatic carbocycles. The molecule has 0 amide bonds. The Morgan fingerprint density at radius 2 is 1.81 bits per heavy atom. The van der Waals surface area contributed by atoms with Gasteiger partial charge in [-0.1, -0.05) is 23.2 Å². The summed E-state index contributed by atoms with van der Waals surface area (Å²) in [5.74, 6) is -1.21. The Hall–Kier alpha value is -0.820. The Morgan fingerprint density at radius 3 is 2.38 bits per heavy atom. The van der Waals surface area contributed by atoms with Crippen molar-refractivity contribution in [3.63, 3.8) is 0 Å². The van der Waals surface area contributed by atoms with Crippen molar-refractivity contribution >= 4 is 39.2 Å². The molecule has 1 saturated carbocycles. The second-order valence-corrected chi connectivity index (χ2v) is 7.61. The van der Waals surface area contributed by atoms with Crippen LogP contribution in [-0.2, 0) is 14.8 Å². The molecule has 116 valence electrons. The maximum absolute atomic E-state index is 12.3. The Balaban J connectivity index is 2.09. The second kappa shape index (κ2) is 6.52. The third-order valence-electron chi connectivity index (χ3n) is 3.58. The lowest BCUT2D eigenvalue weighted by atomic mass is 9.87. The van der Waals surface area contributed by atoms with Gasteiger partial charge in [-0.05, 0) is 43.9 Å². The minimum atomic E-state index is -3.76. The zero-order valence-corrected chi connectivity index (χ0v) is 13.4. The molecule has 1 fully saturated rings. The van der Waals surface area contributed by atoms with E-state index in [1.54, 1.807) is 0 Å². The Bertz CT molecular complexity index is 640. The second-order valence-electron chi connectivity index (χ2n) is 5.08. The number of hydrogen-bond donors (Lipinski definition) is 2. The van der Waals surface area contributed by atoms with Gasteiger partial charge in [-0.15, -0.1) is 0 Å². The van der Waals surface area contributed by atoms with E-state index in [-0.39, 0.29) is 26.9 Å². The van der Waals surface area contributed by atoms with Crippen LogP contribution in [0.4, 0.5) is 0 Å². The van der Waals surface area contributed by atoms with Gasteiger partial charge in [0.25, 0.3) is 0 Å². The summed E-state index contributed by atoms with van der Waals surface area (Å²) in [5, 5.41) is 9.32. The fourth-order valence-corrected chi connectivity index (χ4v) is 4.49. The first-order chi connectivity index (χ1) is 9.79. The third kappa shape index (κ3) is 4.10. The van der Waals surface area contributed by atoms with Crippen molar-refractivity contribution in [2.45, 2.75) is 36.6 Å². The van der Waals surface area contributed by atoms with Gasteiger partial charge in [-0.3, -0.25) is 4.79 Å². The van der Waals surface area contributed by atoms with Gasteiger partial charge in [0.05, 0.1) is 10.9 Å². The molecule has 0 aromatic heterocycles. The average molecular weight is 352 g/mol. The predicted molar refractivity (Wildman–Crippen MR) is 80.2 cm³/mol. The number of rotatable bonds is 4. The van der Waals surface area contributed by atoms with Crippen LogP contribution in [0.15, 0.2) is 23.1 Å². The molecule has 0 unspecified atom stereocenters. The van der Waals surface area contributed by atoms with Gasteiger partial charge >= 0.3 is 5.97 Å². The Morgan fingerprint density at radius 1 is 1.19 bits per heavy atom. The standard InChI is InChI=1S/C13H15Cl2NO4S/c14-9-3-6-11(15)12(7-9)21(19,20)16-10-4-1-8(2-5-10)13(17)18/h3,6-8,10,16H,1-2,4-5H2,(H,17,18). The maximum atomic E-state index is 12.3. The van der Waals surface area contributed by atoms with Gasteiger partial charge in [-0.2, -0.15) is 0 Å². The van der Waals surface area contributed by atoms with Crippen molar-refractivity contribution in [2.75, 3.05) is 0 Å². The summed E-state index contributed by atoms with van der Waals surface area (Å²) < 4.78 is 27.2.